The number of nitrogens with one attached hydrogen (secondary N) is 2. The minimum absolute atomic E-state index is 0.0804. The first-order valence-corrected chi connectivity index (χ1v) is 11.2. The molecule has 0 aliphatic heterocycles. The summed E-state index contributed by atoms with van der Waals surface area (Å²) >= 11 is 1.14. The zero-order chi connectivity index (χ0) is 23.9. The molecule has 2 amide bonds. The molecule has 0 saturated carbocycles. The van der Waals surface area contributed by atoms with Gasteiger partial charge in [0.2, 0.25) is 5.01 Å². The second-order valence-electron chi connectivity index (χ2n) is 7.41. The Hall–Kier alpha value is -4.11. The summed E-state index contributed by atoms with van der Waals surface area (Å²) in [5.74, 6) is -0.411. The number of amides is 2. The highest BCUT2D eigenvalue weighted by atomic mass is 32.1. The second-order valence-corrected chi connectivity index (χ2v) is 8.47. The number of nitrogens with zero attached hydrogens (tertiary/aromatic N) is 2. The summed E-state index contributed by atoms with van der Waals surface area (Å²) in [6.07, 6.45) is 0. The third-order valence-electron chi connectivity index (χ3n) is 4.85. The summed E-state index contributed by atoms with van der Waals surface area (Å²) in [5.41, 5.74) is 2.43. The third-order valence-corrected chi connectivity index (χ3v) is 5.74. The van der Waals surface area contributed by atoms with E-state index in [-0.39, 0.29) is 29.9 Å². The van der Waals surface area contributed by atoms with Crippen LogP contribution in [0.4, 0.5) is 10.1 Å². The lowest BCUT2D eigenvalue weighted by Crippen LogP contribution is -2.23. The van der Waals surface area contributed by atoms with Crippen molar-refractivity contribution in [1.82, 2.24) is 15.5 Å². The number of benzene rings is 3. The zero-order valence-electron chi connectivity index (χ0n) is 18.2. The number of hydrogen-bond acceptors (Lipinski definition) is 6. The quantitative estimate of drug-likeness (QED) is 0.383. The molecule has 34 heavy (non-hydrogen) atoms. The molecule has 0 atom stereocenters. The van der Waals surface area contributed by atoms with Crippen molar-refractivity contribution in [1.29, 1.82) is 0 Å². The lowest BCUT2D eigenvalue weighted by molar-refractivity contribution is 0.0950. The maximum Gasteiger partial charge on any atom is 0.286 e. The van der Waals surface area contributed by atoms with Crippen molar-refractivity contribution in [2.45, 2.75) is 20.1 Å². The molecule has 0 aliphatic carbocycles. The van der Waals surface area contributed by atoms with E-state index in [4.69, 9.17) is 4.74 Å². The van der Waals surface area contributed by atoms with Crippen LogP contribution in [0.3, 0.4) is 0 Å². The molecule has 7 nitrogen and oxygen atoms in total. The molecule has 0 spiro atoms. The van der Waals surface area contributed by atoms with Gasteiger partial charge < -0.3 is 15.4 Å². The van der Waals surface area contributed by atoms with Crippen molar-refractivity contribution < 1.29 is 18.7 Å². The lowest BCUT2D eigenvalue weighted by Gasteiger charge is -2.07. The van der Waals surface area contributed by atoms with Crippen molar-refractivity contribution in [3.63, 3.8) is 0 Å². The fourth-order valence-corrected chi connectivity index (χ4v) is 3.64. The number of hydrogen-bond donors (Lipinski definition) is 2. The van der Waals surface area contributed by atoms with Crippen LogP contribution < -0.4 is 15.4 Å². The first-order valence-electron chi connectivity index (χ1n) is 10.4. The van der Waals surface area contributed by atoms with E-state index in [1.807, 2.05) is 31.2 Å². The number of halogens is 1. The smallest absolute Gasteiger partial charge is 0.286 e. The predicted molar refractivity (Wildman–Crippen MR) is 127 cm³/mol. The first kappa shape index (κ1) is 23.1. The molecule has 1 heterocycles. The molecule has 0 aliphatic rings. The number of carbonyl (C=O) groups excluding carboxylic acids is 2. The van der Waals surface area contributed by atoms with E-state index in [9.17, 15) is 14.0 Å². The Bertz CT molecular complexity index is 1290. The van der Waals surface area contributed by atoms with Gasteiger partial charge in [0.1, 0.15) is 18.2 Å². The molecule has 1 aromatic heterocycles. The van der Waals surface area contributed by atoms with Crippen LogP contribution in [0.25, 0.3) is 0 Å². The van der Waals surface area contributed by atoms with E-state index in [0.717, 1.165) is 16.9 Å². The van der Waals surface area contributed by atoms with Crippen LogP contribution in [0.15, 0.2) is 72.8 Å². The Kier molecular flexibility index (Phi) is 7.24. The van der Waals surface area contributed by atoms with Crippen LogP contribution in [0, 0.1) is 12.7 Å². The summed E-state index contributed by atoms with van der Waals surface area (Å²) in [4.78, 5) is 24.8. The number of aromatic nitrogens is 2. The maximum absolute atomic E-state index is 13.7. The maximum atomic E-state index is 13.7. The van der Waals surface area contributed by atoms with Gasteiger partial charge >= 0.3 is 0 Å². The Balaban J connectivity index is 1.29. The molecular weight excluding hydrogens is 455 g/mol. The summed E-state index contributed by atoms with van der Waals surface area (Å²) in [6, 6.07) is 20.3. The molecule has 2 N–H and O–H groups in total. The molecule has 4 aromatic rings. The SMILES string of the molecule is Cc1ccc(OCc2nnc(C(=O)Nc3ccc(C(=O)NCc4ccccc4F)cc3)s2)cc1. The van der Waals surface area contributed by atoms with Crippen LogP contribution in [0.1, 0.15) is 36.3 Å². The highest BCUT2D eigenvalue weighted by Crippen LogP contribution is 2.18. The molecule has 172 valence electrons. The van der Waals surface area contributed by atoms with Gasteiger partial charge in [0, 0.05) is 23.4 Å². The second kappa shape index (κ2) is 10.7. The van der Waals surface area contributed by atoms with E-state index in [2.05, 4.69) is 20.8 Å². The van der Waals surface area contributed by atoms with Gasteiger partial charge in [0.25, 0.3) is 11.8 Å². The fourth-order valence-electron chi connectivity index (χ4n) is 2.99. The van der Waals surface area contributed by atoms with Crippen LogP contribution in [-0.4, -0.2) is 22.0 Å². The van der Waals surface area contributed by atoms with Gasteiger partial charge in [0.15, 0.2) is 5.01 Å². The number of aryl methyl sites for hydroxylation is 1. The van der Waals surface area contributed by atoms with E-state index in [0.29, 0.717) is 27.6 Å². The molecule has 0 bridgehead atoms. The molecule has 4 rings (SSSR count). The van der Waals surface area contributed by atoms with E-state index in [1.54, 1.807) is 42.5 Å². The van der Waals surface area contributed by atoms with Crippen molar-refractivity contribution in [3.8, 4) is 5.75 Å². The molecule has 0 radical (unpaired) electrons. The van der Waals surface area contributed by atoms with E-state index < -0.39 is 5.91 Å². The summed E-state index contributed by atoms with van der Waals surface area (Å²) in [7, 11) is 0. The third kappa shape index (κ3) is 6.02. The molecule has 9 heteroatoms. The summed E-state index contributed by atoms with van der Waals surface area (Å²) < 4.78 is 19.4. The van der Waals surface area contributed by atoms with Gasteiger partial charge in [-0.1, -0.05) is 47.2 Å². The average Bonchev–Trinajstić information content (AvgIpc) is 3.33. The first-order chi connectivity index (χ1) is 16.5. The largest absolute Gasteiger partial charge is 0.486 e. The topological polar surface area (TPSA) is 93.2 Å². The highest BCUT2D eigenvalue weighted by molar-refractivity contribution is 7.13. The summed E-state index contributed by atoms with van der Waals surface area (Å²) in [6.45, 7) is 2.29. The number of ether oxygens (including phenoxy) is 1. The molecular formula is C25H21FN4O3S. The van der Waals surface area contributed by atoms with Gasteiger partial charge in [-0.3, -0.25) is 9.59 Å². The van der Waals surface area contributed by atoms with Gasteiger partial charge in [-0.15, -0.1) is 10.2 Å². The van der Waals surface area contributed by atoms with Gasteiger partial charge in [-0.2, -0.15) is 0 Å². The number of rotatable bonds is 8. The fraction of sp³-hybridized carbons (Fsp3) is 0.120. The van der Waals surface area contributed by atoms with E-state index in [1.165, 1.54) is 6.07 Å². The Labute approximate surface area is 199 Å². The predicted octanol–water partition coefficient (Wildman–Crippen LogP) is 4.75. The van der Waals surface area contributed by atoms with E-state index >= 15 is 0 Å². The van der Waals surface area contributed by atoms with Crippen LogP contribution in [0.2, 0.25) is 0 Å². The Morgan fingerprint density at radius 1 is 0.941 bits per heavy atom. The molecule has 0 fully saturated rings. The van der Waals surface area contributed by atoms with Crippen molar-refractivity contribution in [3.05, 3.63) is 105 Å². The molecule has 3 aromatic carbocycles. The van der Waals surface area contributed by atoms with Crippen LogP contribution >= 0.6 is 11.3 Å². The molecule has 0 unspecified atom stereocenters. The minimum Gasteiger partial charge on any atom is -0.486 e. The van der Waals surface area contributed by atoms with Gasteiger partial charge in [0.05, 0.1) is 0 Å². The standard InChI is InChI=1S/C25H21FN4O3S/c1-16-6-12-20(13-7-16)33-15-22-29-30-25(34-22)24(32)28-19-10-8-17(9-11-19)23(31)27-14-18-4-2-3-5-21(18)26/h2-13H,14-15H2,1H3,(H,27,31)(H,28,32). The van der Waals surface area contributed by atoms with Crippen molar-refractivity contribution >= 4 is 28.8 Å². The average molecular weight is 477 g/mol. The number of anilines is 1. The monoisotopic (exact) mass is 476 g/mol. The Morgan fingerprint density at radius 3 is 2.41 bits per heavy atom. The van der Waals surface area contributed by atoms with Crippen LogP contribution in [0.5, 0.6) is 5.75 Å². The minimum atomic E-state index is -0.407. The van der Waals surface area contributed by atoms with Crippen molar-refractivity contribution in [2.24, 2.45) is 0 Å². The Morgan fingerprint density at radius 2 is 1.68 bits per heavy atom. The highest BCUT2D eigenvalue weighted by Gasteiger charge is 2.14. The van der Waals surface area contributed by atoms with Gasteiger partial charge in [-0.25, -0.2) is 4.39 Å². The normalized spacial score (nSPS) is 10.5. The number of carbonyl (C=O) groups is 2. The van der Waals surface area contributed by atoms with Crippen LogP contribution in [-0.2, 0) is 13.2 Å². The van der Waals surface area contributed by atoms with Crippen molar-refractivity contribution in [2.75, 3.05) is 5.32 Å². The summed E-state index contributed by atoms with van der Waals surface area (Å²) in [5, 5.41) is 14.1. The van der Waals surface area contributed by atoms with Gasteiger partial charge in [-0.05, 0) is 49.4 Å². The lowest BCUT2D eigenvalue weighted by atomic mass is 10.1. The zero-order valence-corrected chi connectivity index (χ0v) is 19.1. The molecule has 0 saturated heterocycles.